The third kappa shape index (κ3) is 7.69. The number of ether oxygens (including phenoxy) is 2. The van der Waals surface area contributed by atoms with Gasteiger partial charge in [-0.05, 0) is 24.3 Å². The molecule has 0 aromatic heterocycles. The Hall–Kier alpha value is -3.30. The van der Waals surface area contributed by atoms with Gasteiger partial charge in [-0.3, -0.25) is 0 Å². The Morgan fingerprint density at radius 3 is 1.24 bits per heavy atom. The molecule has 0 unspecified atom stereocenters. The predicted molar refractivity (Wildman–Crippen MR) is 112 cm³/mol. The molecule has 0 radical (unpaired) electrons. The first kappa shape index (κ1) is 22.0. The smallest absolute Gasteiger partial charge is 0.483 e. The largest absolute Gasteiger partial charge is 2.00 e. The van der Waals surface area contributed by atoms with Gasteiger partial charge in [0.25, 0.3) is 0 Å². The van der Waals surface area contributed by atoms with Crippen molar-refractivity contribution in [2.75, 3.05) is 11.5 Å². The second-order valence-electron chi connectivity index (χ2n) is 5.82. The van der Waals surface area contributed by atoms with Crippen LogP contribution in [0.2, 0.25) is 0 Å². The molecule has 0 spiro atoms. The van der Waals surface area contributed by atoms with Crippen LogP contribution in [0.15, 0.2) is 97.1 Å². The van der Waals surface area contributed by atoms with Crippen molar-refractivity contribution < 1.29 is 29.0 Å². The van der Waals surface area contributed by atoms with Gasteiger partial charge in [-0.15, -0.1) is 24.3 Å². The summed E-state index contributed by atoms with van der Waals surface area (Å²) in [4.78, 5) is 0. The Morgan fingerprint density at radius 2 is 0.897 bits per heavy atom. The molecule has 4 N–H and O–H groups in total. The Labute approximate surface area is 183 Å². The Bertz CT molecular complexity index is 913. The maximum atomic E-state index is 5.63. The number of hydrogen-bond acceptors (Lipinski definition) is 4. The zero-order chi connectivity index (χ0) is 19.6. The van der Waals surface area contributed by atoms with E-state index in [1.54, 1.807) is 12.1 Å². The molecule has 4 nitrogen and oxygen atoms in total. The van der Waals surface area contributed by atoms with Crippen molar-refractivity contribution in [3.63, 3.8) is 0 Å². The molecule has 0 heterocycles. The molecule has 0 saturated carbocycles. The Balaban J connectivity index is 0.000000200. The molecular formula is C24H20N2O2Ru. The van der Waals surface area contributed by atoms with Crippen LogP contribution in [0.25, 0.3) is 0 Å². The summed E-state index contributed by atoms with van der Waals surface area (Å²) in [5.41, 5.74) is 12.7. The summed E-state index contributed by atoms with van der Waals surface area (Å²) in [5.74, 6) is 3.07. The molecular weight excluding hydrogens is 449 g/mol. The van der Waals surface area contributed by atoms with Crippen molar-refractivity contribution in [2.45, 2.75) is 0 Å². The van der Waals surface area contributed by atoms with Crippen LogP contribution < -0.4 is 20.9 Å². The third-order valence-corrected chi connectivity index (χ3v) is 3.56. The summed E-state index contributed by atoms with van der Waals surface area (Å²) in [5, 5.41) is 0. The molecule has 4 rings (SSSR count). The minimum Gasteiger partial charge on any atom is -0.483 e. The van der Waals surface area contributed by atoms with E-state index >= 15 is 0 Å². The summed E-state index contributed by atoms with van der Waals surface area (Å²) >= 11 is 0. The molecule has 0 aliphatic rings. The second kappa shape index (κ2) is 11.5. The van der Waals surface area contributed by atoms with E-state index in [1.165, 1.54) is 0 Å². The van der Waals surface area contributed by atoms with Crippen LogP contribution in [0, 0.1) is 12.1 Å². The summed E-state index contributed by atoms with van der Waals surface area (Å²) in [7, 11) is 0. The first-order valence-corrected chi connectivity index (χ1v) is 8.68. The number of nitrogen functional groups attached to an aromatic ring is 2. The van der Waals surface area contributed by atoms with Crippen LogP contribution >= 0.6 is 0 Å². The molecule has 0 atom stereocenters. The topological polar surface area (TPSA) is 70.5 Å². The fraction of sp³-hybridized carbons (Fsp3) is 0. The summed E-state index contributed by atoms with van der Waals surface area (Å²) < 4.78 is 11.1. The van der Waals surface area contributed by atoms with Crippen LogP contribution in [-0.2, 0) is 19.5 Å². The summed E-state index contributed by atoms with van der Waals surface area (Å²) in [6.45, 7) is 0. The summed E-state index contributed by atoms with van der Waals surface area (Å²) in [6, 6.07) is 35.2. The molecule has 5 heteroatoms. The van der Waals surface area contributed by atoms with E-state index in [1.807, 2.05) is 84.9 Å². The predicted octanol–water partition coefficient (Wildman–Crippen LogP) is 5.72. The Kier molecular flexibility index (Phi) is 8.74. The molecule has 0 saturated heterocycles. The minimum atomic E-state index is 0. The average molecular weight is 470 g/mol. The van der Waals surface area contributed by atoms with Gasteiger partial charge in [-0.25, -0.2) is 0 Å². The van der Waals surface area contributed by atoms with E-state index in [0.717, 1.165) is 23.0 Å². The molecule has 0 amide bonds. The van der Waals surface area contributed by atoms with E-state index in [9.17, 15) is 0 Å². The molecule has 0 aliphatic carbocycles. The maximum absolute atomic E-state index is 5.63. The first-order chi connectivity index (χ1) is 13.7. The normalized spacial score (nSPS) is 9.38. The van der Waals surface area contributed by atoms with Crippen LogP contribution in [-0.4, -0.2) is 0 Å². The van der Waals surface area contributed by atoms with Crippen LogP contribution in [0.1, 0.15) is 0 Å². The van der Waals surface area contributed by atoms with Crippen LogP contribution in [0.3, 0.4) is 0 Å². The summed E-state index contributed by atoms with van der Waals surface area (Å²) in [6.07, 6.45) is 0. The van der Waals surface area contributed by atoms with E-state index in [4.69, 9.17) is 20.9 Å². The van der Waals surface area contributed by atoms with Gasteiger partial charge >= 0.3 is 19.5 Å². The fourth-order valence-corrected chi connectivity index (χ4v) is 2.31. The second-order valence-corrected chi connectivity index (χ2v) is 5.82. The van der Waals surface area contributed by atoms with Crippen molar-refractivity contribution >= 4 is 11.4 Å². The minimum absolute atomic E-state index is 0. The van der Waals surface area contributed by atoms with Crippen molar-refractivity contribution in [3.8, 4) is 23.0 Å². The molecule has 0 bridgehead atoms. The van der Waals surface area contributed by atoms with Gasteiger partial charge in [0.15, 0.2) is 0 Å². The van der Waals surface area contributed by atoms with E-state index in [-0.39, 0.29) is 19.5 Å². The molecule has 29 heavy (non-hydrogen) atoms. The van der Waals surface area contributed by atoms with Gasteiger partial charge < -0.3 is 20.9 Å². The standard InChI is InChI=1S/2C12H10NO.Ru/c2*13-10-5-4-8-12(9-10)14-11-6-2-1-3-7-11;/h2*2-9H,13H2;/q2*-1;+2. The van der Waals surface area contributed by atoms with Crippen molar-refractivity contribution in [1.29, 1.82) is 0 Å². The maximum Gasteiger partial charge on any atom is 2.00 e. The number of anilines is 2. The van der Waals surface area contributed by atoms with Crippen molar-refractivity contribution in [3.05, 3.63) is 109 Å². The van der Waals surface area contributed by atoms with E-state index in [2.05, 4.69) is 12.1 Å². The first-order valence-electron chi connectivity index (χ1n) is 8.68. The van der Waals surface area contributed by atoms with Crippen molar-refractivity contribution in [1.82, 2.24) is 0 Å². The number of benzene rings is 4. The van der Waals surface area contributed by atoms with Gasteiger partial charge in [0.1, 0.15) is 11.5 Å². The van der Waals surface area contributed by atoms with E-state index in [0.29, 0.717) is 11.4 Å². The number of hydrogen-bond donors (Lipinski definition) is 2. The number of nitrogens with two attached hydrogens (primary N) is 2. The van der Waals surface area contributed by atoms with Gasteiger partial charge in [0.05, 0.1) is 0 Å². The van der Waals surface area contributed by atoms with Crippen LogP contribution in [0.4, 0.5) is 11.4 Å². The Morgan fingerprint density at radius 1 is 0.517 bits per heavy atom. The zero-order valence-electron chi connectivity index (χ0n) is 15.6. The number of rotatable bonds is 4. The molecule has 4 aromatic carbocycles. The molecule has 146 valence electrons. The monoisotopic (exact) mass is 470 g/mol. The SMILES string of the molecule is Nc1cccc(Oc2cc[c-]cc2)c1.Nc1cccc(Oc2cc[c-]cc2)c1.[Ru+2]. The van der Waals surface area contributed by atoms with Crippen molar-refractivity contribution in [2.24, 2.45) is 0 Å². The van der Waals surface area contributed by atoms with Crippen LogP contribution in [0.5, 0.6) is 23.0 Å². The fourth-order valence-electron chi connectivity index (χ4n) is 2.31. The van der Waals surface area contributed by atoms with Gasteiger partial charge in [0, 0.05) is 35.0 Å². The molecule has 0 fully saturated rings. The average Bonchev–Trinajstić information content (AvgIpc) is 2.70. The van der Waals surface area contributed by atoms with Gasteiger partial charge in [-0.2, -0.15) is 36.4 Å². The third-order valence-electron chi connectivity index (χ3n) is 3.56. The molecule has 4 aromatic rings. The van der Waals surface area contributed by atoms with Gasteiger partial charge in [-0.1, -0.05) is 12.1 Å². The quantitative estimate of drug-likeness (QED) is 0.228. The van der Waals surface area contributed by atoms with Gasteiger partial charge in [0.2, 0.25) is 0 Å². The van der Waals surface area contributed by atoms with E-state index < -0.39 is 0 Å². The zero-order valence-corrected chi connectivity index (χ0v) is 17.3. The molecule has 0 aliphatic heterocycles.